The van der Waals surface area contributed by atoms with Crippen molar-refractivity contribution in [2.75, 3.05) is 13.1 Å². The van der Waals surface area contributed by atoms with Gasteiger partial charge >= 0.3 is 0 Å². The van der Waals surface area contributed by atoms with Crippen molar-refractivity contribution in [1.29, 1.82) is 0 Å². The molecule has 0 heterocycles. The van der Waals surface area contributed by atoms with Crippen LogP contribution in [0, 0.1) is 0 Å². The Bertz CT molecular complexity index is 83.0. The molecular formula is C5H11FeNS2. The molecule has 0 fully saturated rings. The number of hydrogen-bond donors (Lipinski definition) is 1. The Hall–Kier alpha value is 0.759. The van der Waals surface area contributed by atoms with Gasteiger partial charge in [0.1, 0.15) is 4.32 Å². The summed E-state index contributed by atoms with van der Waals surface area (Å²) in [6.07, 6.45) is 0. The van der Waals surface area contributed by atoms with Gasteiger partial charge in [-0.25, -0.2) is 0 Å². The van der Waals surface area contributed by atoms with Crippen LogP contribution in [0.15, 0.2) is 0 Å². The minimum Gasteiger partial charge on any atom is -0.358 e. The van der Waals surface area contributed by atoms with Crippen molar-refractivity contribution in [3.8, 4) is 0 Å². The molecule has 0 unspecified atom stereocenters. The fourth-order valence-electron chi connectivity index (χ4n) is 0.494. The summed E-state index contributed by atoms with van der Waals surface area (Å²) in [5, 5.41) is 0. The van der Waals surface area contributed by atoms with Gasteiger partial charge in [-0.1, -0.05) is 12.2 Å². The fourth-order valence-corrected chi connectivity index (χ4v) is 1.04. The predicted molar refractivity (Wildman–Crippen MR) is 44.5 cm³/mol. The maximum Gasteiger partial charge on any atom is 0.133 e. The second-order valence-electron chi connectivity index (χ2n) is 1.45. The van der Waals surface area contributed by atoms with Gasteiger partial charge in [-0.3, -0.25) is 0 Å². The van der Waals surface area contributed by atoms with Crippen LogP contribution in [0.2, 0.25) is 0 Å². The first kappa shape index (κ1) is 12.4. The van der Waals surface area contributed by atoms with Crippen molar-refractivity contribution in [2.45, 2.75) is 13.8 Å². The zero-order valence-electron chi connectivity index (χ0n) is 5.57. The van der Waals surface area contributed by atoms with E-state index in [-0.39, 0.29) is 17.1 Å². The number of thiocarbonyl (C=S) groups is 1. The molecule has 0 aliphatic rings. The van der Waals surface area contributed by atoms with E-state index in [4.69, 9.17) is 12.2 Å². The van der Waals surface area contributed by atoms with E-state index in [0.29, 0.717) is 4.32 Å². The normalized spacial score (nSPS) is 7.89. The minimum absolute atomic E-state index is 0. The summed E-state index contributed by atoms with van der Waals surface area (Å²) in [6, 6.07) is 0. The molecule has 0 N–H and O–H groups in total. The van der Waals surface area contributed by atoms with Crippen LogP contribution in [-0.2, 0) is 17.1 Å². The Kier molecular flexibility index (Phi) is 9.50. The quantitative estimate of drug-likeness (QED) is 0.414. The SMILES string of the molecule is CCN(CC)C(=S)S.[Fe]. The van der Waals surface area contributed by atoms with E-state index in [9.17, 15) is 0 Å². The van der Waals surface area contributed by atoms with Crippen molar-refractivity contribution >= 4 is 29.2 Å². The maximum atomic E-state index is 4.81. The van der Waals surface area contributed by atoms with Crippen LogP contribution in [0.25, 0.3) is 0 Å². The third kappa shape index (κ3) is 5.22. The molecule has 0 aromatic heterocycles. The van der Waals surface area contributed by atoms with Gasteiger partial charge in [0.15, 0.2) is 0 Å². The van der Waals surface area contributed by atoms with E-state index < -0.39 is 0 Å². The van der Waals surface area contributed by atoms with Crippen molar-refractivity contribution in [1.82, 2.24) is 4.90 Å². The third-order valence-electron chi connectivity index (χ3n) is 1.03. The molecular weight excluding hydrogens is 194 g/mol. The summed E-state index contributed by atoms with van der Waals surface area (Å²) >= 11 is 8.82. The van der Waals surface area contributed by atoms with E-state index in [0.717, 1.165) is 13.1 Å². The van der Waals surface area contributed by atoms with Crippen LogP contribution in [-0.4, -0.2) is 22.3 Å². The third-order valence-corrected chi connectivity index (χ3v) is 1.58. The smallest absolute Gasteiger partial charge is 0.133 e. The standard InChI is InChI=1S/C5H11NS2.Fe/c1-3-6(4-2)5(7)8;/h3-4H2,1-2H3,(H,7,8);. The van der Waals surface area contributed by atoms with Gasteiger partial charge in [0, 0.05) is 30.2 Å². The molecule has 0 aliphatic heterocycles. The summed E-state index contributed by atoms with van der Waals surface area (Å²) in [7, 11) is 0. The van der Waals surface area contributed by atoms with Gasteiger partial charge in [0.05, 0.1) is 0 Å². The van der Waals surface area contributed by atoms with Crippen molar-refractivity contribution in [2.24, 2.45) is 0 Å². The van der Waals surface area contributed by atoms with E-state index in [1.807, 2.05) is 4.90 Å². The van der Waals surface area contributed by atoms with E-state index >= 15 is 0 Å². The Balaban J connectivity index is 0. The molecule has 0 saturated carbocycles. The number of thiol groups is 1. The molecule has 0 radical (unpaired) electrons. The van der Waals surface area contributed by atoms with Crippen LogP contribution in [0.4, 0.5) is 0 Å². The van der Waals surface area contributed by atoms with Crippen LogP contribution in [0.5, 0.6) is 0 Å². The van der Waals surface area contributed by atoms with Crippen LogP contribution in [0.3, 0.4) is 0 Å². The first-order valence-electron chi connectivity index (χ1n) is 2.70. The Labute approximate surface area is 78.1 Å². The van der Waals surface area contributed by atoms with E-state index in [1.54, 1.807) is 0 Å². The first-order chi connectivity index (χ1) is 3.72. The molecule has 0 aliphatic carbocycles. The van der Waals surface area contributed by atoms with Crippen molar-refractivity contribution in [3.05, 3.63) is 0 Å². The van der Waals surface area contributed by atoms with Crippen LogP contribution >= 0.6 is 24.8 Å². The molecule has 0 rings (SSSR count). The fraction of sp³-hybridized carbons (Fsp3) is 0.800. The molecule has 56 valence electrons. The van der Waals surface area contributed by atoms with Gasteiger partial charge in [-0.2, -0.15) is 0 Å². The van der Waals surface area contributed by atoms with Gasteiger partial charge in [0.25, 0.3) is 0 Å². The molecule has 0 aromatic carbocycles. The zero-order chi connectivity index (χ0) is 6.57. The Morgan fingerprint density at radius 2 is 1.78 bits per heavy atom. The molecule has 1 nitrogen and oxygen atoms in total. The zero-order valence-corrected chi connectivity index (χ0v) is 8.39. The minimum atomic E-state index is 0. The van der Waals surface area contributed by atoms with E-state index in [2.05, 4.69) is 26.5 Å². The summed E-state index contributed by atoms with van der Waals surface area (Å²) in [6.45, 7) is 6.04. The predicted octanol–water partition coefficient (Wildman–Crippen LogP) is 1.54. The molecule has 0 atom stereocenters. The van der Waals surface area contributed by atoms with Gasteiger partial charge in [-0.15, -0.1) is 12.6 Å². The molecule has 0 saturated heterocycles. The Morgan fingerprint density at radius 1 is 1.44 bits per heavy atom. The molecule has 0 amide bonds. The van der Waals surface area contributed by atoms with Crippen LogP contribution < -0.4 is 0 Å². The molecule has 0 bridgehead atoms. The first-order valence-corrected chi connectivity index (χ1v) is 3.55. The average molecular weight is 205 g/mol. The molecule has 4 heteroatoms. The molecule has 0 spiro atoms. The van der Waals surface area contributed by atoms with E-state index in [1.165, 1.54) is 0 Å². The summed E-state index contributed by atoms with van der Waals surface area (Å²) < 4.78 is 0.690. The van der Waals surface area contributed by atoms with Gasteiger partial charge in [-0.05, 0) is 13.8 Å². The van der Waals surface area contributed by atoms with Crippen molar-refractivity contribution in [3.63, 3.8) is 0 Å². The molecule has 0 aromatic rings. The second kappa shape index (κ2) is 6.87. The summed E-state index contributed by atoms with van der Waals surface area (Å²) in [5.41, 5.74) is 0. The monoisotopic (exact) mass is 205 g/mol. The Morgan fingerprint density at radius 3 is 1.78 bits per heavy atom. The number of hydrogen-bond acceptors (Lipinski definition) is 1. The number of nitrogens with zero attached hydrogens (tertiary/aromatic N) is 1. The number of rotatable bonds is 2. The second-order valence-corrected chi connectivity index (χ2v) is 2.57. The van der Waals surface area contributed by atoms with Crippen LogP contribution in [0.1, 0.15) is 13.8 Å². The largest absolute Gasteiger partial charge is 0.358 e. The average Bonchev–Trinajstić information content (AvgIpc) is 1.69. The van der Waals surface area contributed by atoms with Gasteiger partial charge in [0.2, 0.25) is 0 Å². The van der Waals surface area contributed by atoms with Gasteiger partial charge < -0.3 is 4.90 Å². The molecule has 9 heavy (non-hydrogen) atoms. The topological polar surface area (TPSA) is 3.24 Å². The maximum absolute atomic E-state index is 4.81. The van der Waals surface area contributed by atoms with Crippen molar-refractivity contribution < 1.29 is 17.1 Å². The summed E-state index contributed by atoms with van der Waals surface area (Å²) in [4.78, 5) is 2.01. The summed E-state index contributed by atoms with van der Waals surface area (Å²) in [5.74, 6) is 0.